The van der Waals surface area contributed by atoms with Crippen molar-refractivity contribution in [2.45, 2.75) is 43.4 Å². The Labute approximate surface area is 176 Å². The lowest BCUT2D eigenvalue weighted by molar-refractivity contribution is -0.137. The van der Waals surface area contributed by atoms with E-state index in [0.29, 0.717) is 35.7 Å². The number of unbranched alkanes of at least 4 members (excludes halogenated alkanes) is 1. The van der Waals surface area contributed by atoms with E-state index in [4.69, 9.17) is 28.3 Å². The lowest BCUT2D eigenvalue weighted by Crippen LogP contribution is -2.35. The minimum absolute atomic E-state index is 0.0440. The fraction of sp³-hybridized carbons (Fsp3) is 0.550. The molecule has 2 aliphatic carbocycles. The van der Waals surface area contributed by atoms with E-state index in [9.17, 15) is 13.2 Å². The average molecular weight is 446 g/mol. The maximum absolute atomic E-state index is 12.7. The van der Waals surface area contributed by atoms with Crippen molar-refractivity contribution in [2.75, 3.05) is 6.54 Å². The largest absolute Gasteiger partial charge is 0.481 e. The van der Waals surface area contributed by atoms with Crippen molar-refractivity contribution in [3.05, 3.63) is 40.4 Å². The molecule has 2 N–H and O–H groups in total. The number of allylic oxidation sites excluding steroid dienone is 2. The van der Waals surface area contributed by atoms with Crippen LogP contribution in [-0.2, 0) is 14.8 Å². The number of carboxylic acids is 1. The molecule has 5 nitrogen and oxygen atoms in total. The highest BCUT2D eigenvalue weighted by Crippen LogP contribution is 2.52. The molecule has 0 spiro atoms. The fourth-order valence-corrected chi connectivity index (χ4v) is 6.50. The summed E-state index contributed by atoms with van der Waals surface area (Å²) in [5.74, 6) is 0.945. The zero-order valence-corrected chi connectivity index (χ0v) is 17.8. The van der Waals surface area contributed by atoms with Crippen LogP contribution in [0.25, 0.3) is 0 Å². The van der Waals surface area contributed by atoms with Gasteiger partial charge in [0.15, 0.2) is 0 Å². The van der Waals surface area contributed by atoms with Gasteiger partial charge in [0, 0.05) is 18.0 Å². The molecule has 8 heteroatoms. The third-order valence-corrected chi connectivity index (χ3v) is 8.11. The van der Waals surface area contributed by atoms with E-state index in [1.165, 1.54) is 24.6 Å². The van der Waals surface area contributed by atoms with Gasteiger partial charge in [-0.05, 0) is 74.0 Å². The van der Waals surface area contributed by atoms with E-state index in [-0.39, 0.29) is 22.3 Å². The molecule has 2 aliphatic rings. The monoisotopic (exact) mass is 445 g/mol. The van der Waals surface area contributed by atoms with Gasteiger partial charge >= 0.3 is 5.97 Å². The summed E-state index contributed by atoms with van der Waals surface area (Å²) >= 11 is 11.9. The number of nitrogens with one attached hydrogen (secondary N) is 1. The summed E-state index contributed by atoms with van der Waals surface area (Å²) < 4.78 is 28.1. The van der Waals surface area contributed by atoms with Crippen LogP contribution in [0.5, 0.6) is 0 Å². The number of halogens is 2. The van der Waals surface area contributed by atoms with Gasteiger partial charge in [0.2, 0.25) is 10.0 Å². The summed E-state index contributed by atoms with van der Waals surface area (Å²) in [6.07, 6.45) is 9.23. The van der Waals surface area contributed by atoms with Crippen LogP contribution < -0.4 is 4.72 Å². The summed E-state index contributed by atoms with van der Waals surface area (Å²) in [5, 5.41) is 9.23. The summed E-state index contributed by atoms with van der Waals surface area (Å²) in [7, 11) is -3.70. The highest BCUT2D eigenvalue weighted by molar-refractivity contribution is 7.89. The molecule has 4 atom stereocenters. The molecule has 0 aromatic heterocycles. The Hall–Kier alpha value is -1.08. The topological polar surface area (TPSA) is 83.5 Å². The number of sulfonamides is 1. The number of hydrogen-bond acceptors (Lipinski definition) is 3. The maximum atomic E-state index is 12.7. The van der Waals surface area contributed by atoms with Crippen molar-refractivity contribution in [3.8, 4) is 0 Å². The van der Waals surface area contributed by atoms with Crippen molar-refractivity contribution in [3.63, 3.8) is 0 Å². The molecule has 154 valence electrons. The van der Waals surface area contributed by atoms with Crippen LogP contribution in [0, 0.1) is 23.7 Å². The Morgan fingerprint density at radius 1 is 1.25 bits per heavy atom. The van der Waals surface area contributed by atoms with Crippen LogP contribution in [0.3, 0.4) is 0 Å². The molecule has 0 saturated heterocycles. The lowest BCUT2D eigenvalue weighted by Gasteiger charge is -2.29. The summed E-state index contributed by atoms with van der Waals surface area (Å²) in [5.41, 5.74) is 0. The Bertz CT molecular complexity index is 856. The second kappa shape index (κ2) is 9.16. The number of carboxylic acid groups (broad SMARTS) is 1. The highest BCUT2D eigenvalue weighted by atomic mass is 35.5. The van der Waals surface area contributed by atoms with Crippen LogP contribution >= 0.6 is 23.2 Å². The number of aliphatic carboxylic acids is 1. The fourth-order valence-electron chi connectivity index (χ4n) is 4.66. The Balaban J connectivity index is 1.63. The van der Waals surface area contributed by atoms with Crippen molar-refractivity contribution in [1.29, 1.82) is 0 Å². The van der Waals surface area contributed by atoms with E-state index in [1.807, 2.05) is 0 Å². The first-order chi connectivity index (χ1) is 13.3. The molecule has 1 aromatic carbocycles. The quantitative estimate of drug-likeness (QED) is 0.424. The Kier molecular flexibility index (Phi) is 7.07. The maximum Gasteiger partial charge on any atom is 0.303 e. The standard InChI is InChI=1S/C20H25Cl2NO4S/c21-15-8-9-19(18(22)11-15)28(26,27)23-12-17-14-7-6-13(10-14)16(17)4-2-1-3-5-20(24)25/h2,4,8-9,11,13-14,16-17,23H,1,3,5-7,10,12H2,(H,24,25)/b4-2-. The van der Waals surface area contributed by atoms with Crippen molar-refractivity contribution in [2.24, 2.45) is 23.7 Å². The molecule has 28 heavy (non-hydrogen) atoms. The minimum atomic E-state index is -3.70. The van der Waals surface area contributed by atoms with E-state index in [2.05, 4.69) is 16.9 Å². The zero-order chi connectivity index (χ0) is 20.3. The van der Waals surface area contributed by atoms with Crippen molar-refractivity contribution < 1.29 is 18.3 Å². The lowest BCUT2D eigenvalue weighted by atomic mass is 9.79. The number of benzene rings is 1. The van der Waals surface area contributed by atoms with E-state index in [0.717, 1.165) is 19.3 Å². The molecule has 0 radical (unpaired) electrons. The first-order valence-electron chi connectivity index (χ1n) is 9.61. The highest BCUT2D eigenvalue weighted by Gasteiger charge is 2.46. The predicted molar refractivity (Wildman–Crippen MR) is 110 cm³/mol. The van der Waals surface area contributed by atoms with Gasteiger partial charge in [-0.1, -0.05) is 35.4 Å². The van der Waals surface area contributed by atoms with Crippen LogP contribution in [-0.4, -0.2) is 26.0 Å². The molecule has 4 unspecified atom stereocenters. The Morgan fingerprint density at radius 3 is 2.71 bits per heavy atom. The zero-order valence-electron chi connectivity index (χ0n) is 15.5. The number of fused-ring (bicyclic) bond motifs is 2. The third kappa shape index (κ3) is 5.09. The van der Waals surface area contributed by atoms with Crippen molar-refractivity contribution >= 4 is 39.2 Å². The predicted octanol–water partition coefficient (Wildman–Crippen LogP) is 4.75. The van der Waals surface area contributed by atoms with Gasteiger partial charge in [-0.25, -0.2) is 13.1 Å². The van der Waals surface area contributed by atoms with E-state index < -0.39 is 16.0 Å². The van der Waals surface area contributed by atoms with Gasteiger partial charge in [0.1, 0.15) is 4.90 Å². The van der Waals surface area contributed by atoms with Gasteiger partial charge < -0.3 is 5.11 Å². The van der Waals surface area contributed by atoms with Gasteiger partial charge in [-0.15, -0.1) is 0 Å². The molecular weight excluding hydrogens is 421 g/mol. The van der Waals surface area contributed by atoms with Crippen LogP contribution in [0.2, 0.25) is 10.0 Å². The molecule has 0 amide bonds. The van der Waals surface area contributed by atoms with Gasteiger partial charge in [0.25, 0.3) is 0 Å². The number of carbonyl (C=O) groups is 1. The second-order valence-corrected chi connectivity index (χ2v) is 10.3. The first-order valence-corrected chi connectivity index (χ1v) is 11.8. The van der Waals surface area contributed by atoms with Gasteiger partial charge in [-0.2, -0.15) is 0 Å². The summed E-state index contributed by atoms with van der Waals surface area (Å²) in [6, 6.07) is 4.37. The average Bonchev–Trinajstić information content (AvgIpc) is 3.20. The second-order valence-electron chi connectivity index (χ2n) is 7.72. The SMILES string of the molecule is O=C(O)CCC/C=C\C1C2CCC(C2)C1CNS(=O)(=O)c1ccc(Cl)cc1Cl. The number of rotatable bonds is 9. The molecular formula is C20H25Cl2NO4S. The summed E-state index contributed by atoms with van der Waals surface area (Å²) in [4.78, 5) is 10.7. The van der Waals surface area contributed by atoms with Gasteiger partial charge in [-0.3, -0.25) is 4.79 Å². The van der Waals surface area contributed by atoms with Crippen LogP contribution in [0.1, 0.15) is 38.5 Å². The smallest absolute Gasteiger partial charge is 0.303 e. The normalized spacial score (nSPS) is 26.9. The number of hydrogen-bond donors (Lipinski definition) is 2. The minimum Gasteiger partial charge on any atom is -0.481 e. The van der Waals surface area contributed by atoms with E-state index in [1.54, 1.807) is 0 Å². The molecule has 3 rings (SSSR count). The van der Waals surface area contributed by atoms with Crippen molar-refractivity contribution in [1.82, 2.24) is 4.72 Å². The van der Waals surface area contributed by atoms with E-state index >= 15 is 0 Å². The molecule has 2 bridgehead atoms. The third-order valence-electron chi connectivity index (χ3n) is 5.97. The first kappa shape index (κ1) is 21.6. The Morgan fingerprint density at radius 2 is 2.00 bits per heavy atom. The molecule has 1 aromatic rings. The summed E-state index contributed by atoms with van der Waals surface area (Å²) in [6.45, 7) is 0.382. The van der Waals surface area contributed by atoms with Gasteiger partial charge in [0.05, 0.1) is 5.02 Å². The molecule has 2 saturated carbocycles. The van der Waals surface area contributed by atoms with Crippen LogP contribution in [0.15, 0.2) is 35.2 Å². The van der Waals surface area contributed by atoms with Crippen LogP contribution in [0.4, 0.5) is 0 Å². The molecule has 2 fully saturated rings. The molecule has 0 heterocycles. The molecule has 0 aliphatic heterocycles.